The summed E-state index contributed by atoms with van der Waals surface area (Å²) in [6.07, 6.45) is -0.251. The van der Waals surface area contributed by atoms with E-state index in [1.54, 1.807) is 0 Å². The number of carbonyl (C=O) groups excluding carboxylic acids is 3. The lowest BCUT2D eigenvalue weighted by atomic mass is 9.91. The lowest BCUT2D eigenvalue weighted by Gasteiger charge is -2.37. The second-order valence-electron chi connectivity index (χ2n) is 12.5. The van der Waals surface area contributed by atoms with E-state index in [2.05, 4.69) is 20.9 Å². The summed E-state index contributed by atoms with van der Waals surface area (Å²) in [6.45, 7) is 9.79. The minimum atomic E-state index is -1.59. The van der Waals surface area contributed by atoms with E-state index >= 15 is 0 Å². The Kier molecular flexibility index (Phi) is 12.9. The molecule has 1 heterocycles. The maximum Gasteiger partial charge on any atom is 0.258 e. The van der Waals surface area contributed by atoms with E-state index in [1.807, 2.05) is 107 Å². The molecule has 0 saturated carbocycles. The number of ether oxygens (including phenoxy) is 1. The maximum absolute atomic E-state index is 14.2. The van der Waals surface area contributed by atoms with Gasteiger partial charge in [0.2, 0.25) is 5.91 Å². The van der Waals surface area contributed by atoms with E-state index in [-0.39, 0.29) is 31.3 Å². The first kappa shape index (κ1) is 34.8. The number of amides is 2. The molecule has 46 heavy (non-hydrogen) atoms. The summed E-state index contributed by atoms with van der Waals surface area (Å²) in [5.74, 6) is -0.654. The van der Waals surface area contributed by atoms with E-state index < -0.39 is 35.9 Å². The molecule has 246 valence electrons. The highest BCUT2D eigenvalue weighted by atomic mass is 16.5. The Bertz CT molecular complexity index is 1410. The Morgan fingerprint density at radius 3 is 2.04 bits per heavy atom. The Morgan fingerprint density at radius 1 is 0.870 bits per heavy atom. The van der Waals surface area contributed by atoms with Crippen molar-refractivity contribution in [2.45, 2.75) is 71.2 Å². The number of ketones is 1. The molecule has 1 aliphatic rings. The number of benzene rings is 3. The molecule has 9 nitrogen and oxygen atoms in total. The monoisotopic (exact) mass is 628 g/mol. The molecule has 0 spiro atoms. The van der Waals surface area contributed by atoms with E-state index in [4.69, 9.17) is 4.74 Å². The van der Waals surface area contributed by atoms with E-state index in [9.17, 15) is 19.5 Å². The van der Waals surface area contributed by atoms with E-state index in [1.165, 1.54) is 0 Å². The number of rotatable bonds is 15. The fourth-order valence-corrected chi connectivity index (χ4v) is 6.09. The van der Waals surface area contributed by atoms with Crippen molar-refractivity contribution in [2.75, 3.05) is 26.4 Å². The van der Waals surface area contributed by atoms with Crippen LogP contribution in [0.5, 0.6) is 5.75 Å². The van der Waals surface area contributed by atoms with Crippen LogP contribution < -0.4 is 20.7 Å². The minimum absolute atomic E-state index is 0.000642. The van der Waals surface area contributed by atoms with Crippen molar-refractivity contribution in [3.63, 3.8) is 0 Å². The van der Waals surface area contributed by atoms with Gasteiger partial charge in [0.15, 0.2) is 12.4 Å². The molecular weight excluding hydrogens is 580 g/mol. The zero-order valence-corrected chi connectivity index (χ0v) is 27.4. The first-order valence-corrected chi connectivity index (χ1v) is 16.2. The molecule has 1 aliphatic heterocycles. The van der Waals surface area contributed by atoms with Crippen molar-refractivity contribution < 1.29 is 24.2 Å². The van der Waals surface area contributed by atoms with E-state index in [0.717, 1.165) is 41.8 Å². The summed E-state index contributed by atoms with van der Waals surface area (Å²) < 4.78 is 5.86. The fourth-order valence-electron chi connectivity index (χ4n) is 6.09. The average molecular weight is 629 g/mol. The van der Waals surface area contributed by atoms with E-state index in [0.29, 0.717) is 12.4 Å². The van der Waals surface area contributed by atoms with Crippen LogP contribution in [-0.2, 0) is 27.2 Å². The summed E-state index contributed by atoms with van der Waals surface area (Å²) >= 11 is 0. The van der Waals surface area contributed by atoms with Crippen molar-refractivity contribution in [1.82, 2.24) is 20.9 Å². The first-order chi connectivity index (χ1) is 22.1. The largest absolute Gasteiger partial charge is 0.483 e. The molecule has 0 bridgehead atoms. The molecular formula is C37H48N4O5. The number of aliphatic hydroxyl groups is 1. The van der Waals surface area contributed by atoms with Gasteiger partial charge in [-0.25, -0.2) is 0 Å². The van der Waals surface area contributed by atoms with Gasteiger partial charge in [-0.1, -0.05) is 92.7 Å². The zero-order valence-electron chi connectivity index (χ0n) is 27.4. The molecule has 3 aromatic rings. The Morgan fingerprint density at radius 2 is 1.48 bits per heavy atom. The number of Topliss-reactive ketones (excluding diaryl/α,β-unsaturated/α-hetero) is 1. The molecule has 0 aliphatic carbocycles. The minimum Gasteiger partial charge on any atom is -0.483 e. The number of aliphatic hydroxyl groups excluding tert-OH is 1. The number of hydrogen-bond donors (Lipinski definition) is 4. The zero-order chi connectivity index (χ0) is 33.1. The molecule has 2 amide bonds. The molecule has 4 atom stereocenters. The summed E-state index contributed by atoms with van der Waals surface area (Å²) in [7, 11) is 0. The third kappa shape index (κ3) is 9.72. The van der Waals surface area contributed by atoms with Crippen LogP contribution >= 0.6 is 0 Å². The molecule has 4 N–H and O–H groups in total. The van der Waals surface area contributed by atoms with Crippen molar-refractivity contribution >= 4 is 17.6 Å². The summed E-state index contributed by atoms with van der Waals surface area (Å²) in [5, 5.41) is 20.8. The molecule has 3 aromatic carbocycles. The van der Waals surface area contributed by atoms with Crippen LogP contribution in [0.2, 0.25) is 0 Å². The van der Waals surface area contributed by atoms with Crippen molar-refractivity contribution in [3.8, 4) is 5.75 Å². The quantitative estimate of drug-likeness (QED) is 0.204. The standard InChI is InChI=1S/C37H48N4O5/c1-25(2)33(41-20-12-19-38-24-41)37(45)40-31(22-29-17-9-6-10-18-29)35(44)34(43)30(21-28-15-7-5-8-16-28)39-32(42)23-46-36-26(3)13-11-14-27(36)4/h5-11,13-18,25,30-31,33-34,38,43H,12,19-24H2,1-4H3,(H,39,42)(H,40,45)/t30-,31+,33-,34+/m1/s1. The molecule has 0 unspecified atom stereocenters. The van der Waals surface area contributed by atoms with Gasteiger partial charge in [-0.2, -0.15) is 0 Å². The summed E-state index contributed by atoms with van der Waals surface area (Å²) in [6, 6.07) is 22.1. The van der Waals surface area contributed by atoms with Crippen LogP contribution in [0.25, 0.3) is 0 Å². The lowest BCUT2D eigenvalue weighted by Crippen LogP contribution is -2.60. The van der Waals surface area contributed by atoms with Gasteiger partial charge in [0.25, 0.3) is 5.91 Å². The van der Waals surface area contributed by atoms with Crippen LogP contribution in [0.15, 0.2) is 78.9 Å². The van der Waals surface area contributed by atoms with Crippen LogP contribution in [0, 0.1) is 19.8 Å². The second kappa shape index (κ2) is 17.0. The first-order valence-electron chi connectivity index (χ1n) is 16.2. The number of aryl methyl sites for hydroxylation is 2. The van der Waals surface area contributed by atoms with Crippen LogP contribution in [0.1, 0.15) is 42.5 Å². The lowest BCUT2D eigenvalue weighted by molar-refractivity contribution is -0.137. The third-order valence-corrected chi connectivity index (χ3v) is 8.42. The smallest absolute Gasteiger partial charge is 0.258 e. The number of nitrogens with zero attached hydrogens (tertiary/aromatic N) is 1. The Labute approximate surface area is 272 Å². The van der Waals surface area contributed by atoms with Gasteiger partial charge >= 0.3 is 0 Å². The topological polar surface area (TPSA) is 120 Å². The van der Waals surface area contributed by atoms with Crippen LogP contribution in [-0.4, -0.2) is 78.2 Å². The number of para-hydroxylation sites is 1. The number of hydrogen-bond acceptors (Lipinski definition) is 7. The predicted molar refractivity (Wildman–Crippen MR) is 179 cm³/mol. The third-order valence-electron chi connectivity index (χ3n) is 8.42. The van der Waals surface area contributed by atoms with Gasteiger partial charge in [0, 0.05) is 13.2 Å². The fraction of sp³-hybridized carbons (Fsp3) is 0.432. The van der Waals surface area contributed by atoms with Crippen molar-refractivity contribution in [1.29, 1.82) is 0 Å². The van der Waals surface area contributed by atoms with Gasteiger partial charge in [-0.3, -0.25) is 19.3 Å². The van der Waals surface area contributed by atoms with Gasteiger partial charge in [0.1, 0.15) is 11.9 Å². The number of nitrogens with one attached hydrogen (secondary N) is 3. The Hall–Kier alpha value is -4.05. The second-order valence-corrected chi connectivity index (χ2v) is 12.5. The van der Waals surface area contributed by atoms with Gasteiger partial charge < -0.3 is 25.8 Å². The van der Waals surface area contributed by atoms with Gasteiger partial charge in [-0.05, 0) is 67.8 Å². The normalized spacial score (nSPS) is 16.2. The van der Waals surface area contributed by atoms with Crippen molar-refractivity contribution in [2.24, 2.45) is 5.92 Å². The molecule has 0 radical (unpaired) electrons. The van der Waals surface area contributed by atoms with Gasteiger partial charge in [0.05, 0.1) is 18.1 Å². The highest BCUT2D eigenvalue weighted by Gasteiger charge is 2.37. The van der Waals surface area contributed by atoms with Crippen LogP contribution in [0.4, 0.5) is 0 Å². The molecule has 9 heteroatoms. The highest BCUT2D eigenvalue weighted by Crippen LogP contribution is 2.22. The summed E-state index contributed by atoms with van der Waals surface area (Å²) in [5.41, 5.74) is 3.50. The number of carbonyl (C=O) groups is 3. The molecule has 1 fully saturated rings. The molecule has 1 saturated heterocycles. The van der Waals surface area contributed by atoms with Gasteiger partial charge in [-0.15, -0.1) is 0 Å². The molecule has 0 aromatic heterocycles. The SMILES string of the molecule is Cc1cccc(C)c1OCC(=O)N[C@H](Cc1ccccc1)[C@H](O)C(=O)[C@H](Cc1ccccc1)NC(=O)[C@@H](C(C)C)N1CCCNC1. The highest BCUT2D eigenvalue weighted by molar-refractivity contribution is 5.94. The van der Waals surface area contributed by atoms with Crippen molar-refractivity contribution in [3.05, 3.63) is 101 Å². The summed E-state index contributed by atoms with van der Waals surface area (Å²) in [4.78, 5) is 43.3. The predicted octanol–water partition coefficient (Wildman–Crippen LogP) is 3.34. The molecule has 4 rings (SSSR count). The maximum atomic E-state index is 14.2. The van der Waals surface area contributed by atoms with Crippen LogP contribution in [0.3, 0.4) is 0 Å². The Balaban J connectivity index is 1.56. The average Bonchev–Trinajstić information content (AvgIpc) is 3.04.